The number of carbonyl (C=O) groups is 1. The molecule has 1 N–H and O–H groups in total. The van der Waals surface area contributed by atoms with Gasteiger partial charge in [-0.1, -0.05) is 316 Å². The van der Waals surface area contributed by atoms with Gasteiger partial charge in [-0.15, -0.1) is 0 Å². The van der Waals surface area contributed by atoms with Gasteiger partial charge in [0, 0.05) is 0 Å². The first-order chi connectivity index (χ1) is 32.2. The Morgan fingerprint density at radius 1 is 0.221 bits per heavy atom. The van der Waals surface area contributed by atoms with Crippen LogP contribution in [0.3, 0.4) is 0 Å². The molecule has 0 spiro atoms. The third kappa shape index (κ3) is 43.1. The quantitative estimate of drug-likeness (QED) is 0.0660. The number of carboxylic acid groups (broad SMARTS) is 1. The molecule has 0 fully saturated rings. The molecular weight excluding hydrogens is 825 g/mol. The summed E-state index contributed by atoms with van der Waals surface area (Å²) in [5, 5.41) is 10.6. The average molecular weight is 958 g/mol. The van der Waals surface area contributed by atoms with Crippen LogP contribution in [0.15, 0.2) is 0 Å². The minimum Gasteiger partial charge on any atom is -0.481 e. The minimum absolute atomic E-state index is 0.169. The summed E-state index contributed by atoms with van der Waals surface area (Å²) in [5.74, 6) is 10.7. The molecule has 0 aromatic rings. The molecule has 408 valence electrons. The molecule has 0 bridgehead atoms. The van der Waals surface area contributed by atoms with Crippen LogP contribution < -0.4 is 0 Å². The van der Waals surface area contributed by atoms with E-state index in [4.69, 9.17) is 0 Å². The van der Waals surface area contributed by atoms with Gasteiger partial charge in [-0.3, -0.25) is 4.79 Å². The Hall–Kier alpha value is -0.530. The van der Waals surface area contributed by atoms with Crippen molar-refractivity contribution in [2.75, 3.05) is 0 Å². The summed E-state index contributed by atoms with van der Waals surface area (Å²) in [7, 11) is 0. The standard InChI is InChI=1S/C66H132O2/c1-51(2)35-43-61(44-36-52(3)4)27-17-23-59(24-18-28-62(45-37-53(5)6)46-38-54(7)8)31-21-33-65(66(67)68)34-22-32-60(25-19-29-63(47-39-55(9)10)48-40-56(11)12)26-20-30-64(49-41-57(13)14)50-42-58(15)16/h51-65H,17-50H2,1-16H3,(H,67,68). The van der Waals surface area contributed by atoms with Gasteiger partial charge in [0.25, 0.3) is 0 Å². The molecule has 68 heavy (non-hydrogen) atoms. The first kappa shape index (κ1) is 67.5. The SMILES string of the molecule is CC(C)CCC(CCCC(CCCC(CCC(C)C)CCC(C)C)CCCC(CCCC(CCCC(CCC(C)C)CCC(C)C)CCCC(CCC(C)C)CCC(C)C)C(=O)O)CCC(C)C. The normalized spacial score (nSPS) is 13.0. The Bertz CT molecular complexity index is 889. The van der Waals surface area contributed by atoms with E-state index in [9.17, 15) is 9.90 Å². The molecule has 0 amide bonds. The van der Waals surface area contributed by atoms with Crippen molar-refractivity contribution >= 4 is 5.97 Å². The van der Waals surface area contributed by atoms with Crippen molar-refractivity contribution in [2.24, 2.45) is 88.8 Å². The second-order valence-electron chi connectivity index (χ2n) is 27.6. The van der Waals surface area contributed by atoms with Crippen molar-refractivity contribution < 1.29 is 9.90 Å². The number of aliphatic carboxylic acids is 1. The molecule has 2 nitrogen and oxygen atoms in total. The van der Waals surface area contributed by atoms with Crippen molar-refractivity contribution in [2.45, 2.75) is 329 Å². The summed E-state index contributed by atoms with van der Waals surface area (Å²) in [5.41, 5.74) is 0. The fourth-order valence-corrected chi connectivity index (χ4v) is 11.6. The van der Waals surface area contributed by atoms with Gasteiger partial charge in [-0.05, 0) is 95.7 Å². The maximum atomic E-state index is 12.9. The van der Waals surface area contributed by atoms with Gasteiger partial charge in [0.15, 0.2) is 0 Å². The average Bonchev–Trinajstić information content (AvgIpc) is 3.24. The Balaban J connectivity index is 5.87. The third-order valence-corrected chi connectivity index (χ3v) is 16.8. The summed E-state index contributed by atoms with van der Waals surface area (Å²) in [6.07, 6.45) is 45.1. The Labute approximate surface area is 431 Å². The van der Waals surface area contributed by atoms with Crippen LogP contribution in [0.25, 0.3) is 0 Å². The highest BCUT2D eigenvalue weighted by Gasteiger charge is 2.22. The number of carboxylic acids is 1. The molecule has 0 aliphatic carbocycles. The van der Waals surface area contributed by atoms with Crippen LogP contribution in [0.2, 0.25) is 0 Å². The van der Waals surface area contributed by atoms with Crippen LogP contribution in [0, 0.1) is 88.8 Å². The van der Waals surface area contributed by atoms with E-state index in [0.29, 0.717) is 0 Å². The van der Waals surface area contributed by atoms with E-state index < -0.39 is 5.97 Å². The molecule has 0 radical (unpaired) electrons. The Morgan fingerprint density at radius 2 is 0.353 bits per heavy atom. The van der Waals surface area contributed by atoms with Gasteiger partial charge in [0.05, 0.1) is 5.92 Å². The fourth-order valence-electron chi connectivity index (χ4n) is 11.6. The summed E-state index contributed by atoms with van der Waals surface area (Å²) < 4.78 is 0. The second kappa shape index (κ2) is 42.9. The van der Waals surface area contributed by atoms with Gasteiger partial charge in [-0.2, -0.15) is 0 Å². The van der Waals surface area contributed by atoms with E-state index in [1.165, 1.54) is 193 Å². The molecule has 2 heteroatoms. The van der Waals surface area contributed by atoms with E-state index in [1.807, 2.05) is 0 Å². The lowest BCUT2D eigenvalue weighted by molar-refractivity contribution is -0.142. The van der Waals surface area contributed by atoms with Crippen molar-refractivity contribution in [3.05, 3.63) is 0 Å². The zero-order chi connectivity index (χ0) is 51.3. The van der Waals surface area contributed by atoms with Crippen LogP contribution >= 0.6 is 0 Å². The highest BCUT2D eigenvalue weighted by molar-refractivity contribution is 5.69. The van der Waals surface area contributed by atoms with E-state index >= 15 is 0 Å². The molecule has 0 unspecified atom stereocenters. The molecule has 0 aliphatic heterocycles. The monoisotopic (exact) mass is 957 g/mol. The smallest absolute Gasteiger partial charge is 0.306 e. The molecule has 0 atom stereocenters. The summed E-state index contributed by atoms with van der Waals surface area (Å²) in [6, 6.07) is 0. The first-order valence-corrected chi connectivity index (χ1v) is 31.4. The van der Waals surface area contributed by atoms with E-state index in [0.717, 1.165) is 109 Å². The van der Waals surface area contributed by atoms with Crippen molar-refractivity contribution in [1.82, 2.24) is 0 Å². The van der Waals surface area contributed by atoms with Gasteiger partial charge in [-0.25, -0.2) is 0 Å². The molecule has 0 heterocycles. The van der Waals surface area contributed by atoms with Crippen molar-refractivity contribution in [3.63, 3.8) is 0 Å². The van der Waals surface area contributed by atoms with Gasteiger partial charge < -0.3 is 5.11 Å². The van der Waals surface area contributed by atoms with Gasteiger partial charge in [0.1, 0.15) is 0 Å². The largest absolute Gasteiger partial charge is 0.481 e. The maximum absolute atomic E-state index is 12.9. The van der Waals surface area contributed by atoms with Crippen LogP contribution in [-0.2, 0) is 4.79 Å². The third-order valence-electron chi connectivity index (χ3n) is 16.8. The topological polar surface area (TPSA) is 37.3 Å². The fraction of sp³-hybridized carbons (Fsp3) is 0.985. The molecule has 0 aromatic heterocycles. The van der Waals surface area contributed by atoms with Crippen LogP contribution in [0.5, 0.6) is 0 Å². The Kier molecular flexibility index (Phi) is 42.6. The molecule has 0 aromatic carbocycles. The minimum atomic E-state index is -0.523. The molecule has 0 saturated carbocycles. The predicted molar refractivity (Wildman–Crippen MR) is 308 cm³/mol. The first-order valence-electron chi connectivity index (χ1n) is 31.4. The van der Waals surface area contributed by atoms with E-state index in [1.54, 1.807) is 0 Å². The summed E-state index contributed by atoms with van der Waals surface area (Å²) in [6.45, 7) is 38.4. The van der Waals surface area contributed by atoms with Crippen LogP contribution in [-0.4, -0.2) is 11.1 Å². The predicted octanol–water partition coefficient (Wildman–Crippen LogP) is 22.9. The highest BCUT2D eigenvalue weighted by atomic mass is 16.4. The maximum Gasteiger partial charge on any atom is 0.306 e. The lowest BCUT2D eigenvalue weighted by Gasteiger charge is -2.24. The summed E-state index contributed by atoms with van der Waals surface area (Å²) >= 11 is 0. The molecule has 0 rings (SSSR count). The second-order valence-corrected chi connectivity index (χ2v) is 27.6. The number of hydrogen-bond donors (Lipinski definition) is 1. The molecule has 0 saturated heterocycles. The van der Waals surface area contributed by atoms with E-state index in [2.05, 4.69) is 111 Å². The number of hydrogen-bond acceptors (Lipinski definition) is 1. The molecular formula is C66H132O2. The highest BCUT2D eigenvalue weighted by Crippen LogP contribution is 2.34. The van der Waals surface area contributed by atoms with Crippen LogP contribution in [0.4, 0.5) is 0 Å². The van der Waals surface area contributed by atoms with Gasteiger partial charge >= 0.3 is 5.97 Å². The van der Waals surface area contributed by atoms with Gasteiger partial charge in [0.2, 0.25) is 0 Å². The lowest BCUT2D eigenvalue weighted by atomic mass is 9.82. The Morgan fingerprint density at radius 3 is 0.485 bits per heavy atom. The zero-order valence-corrected chi connectivity index (χ0v) is 50.1. The van der Waals surface area contributed by atoms with Crippen LogP contribution in [0.1, 0.15) is 329 Å². The summed E-state index contributed by atoms with van der Waals surface area (Å²) in [4.78, 5) is 12.9. The van der Waals surface area contributed by atoms with Crippen molar-refractivity contribution in [1.29, 1.82) is 0 Å². The van der Waals surface area contributed by atoms with E-state index in [-0.39, 0.29) is 5.92 Å². The molecule has 0 aliphatic rings. The zero-order valence-electron chi connectivity index (χ0n) is 50.1. The lowest BCUT2D eigenvalue weighted by Crippen LogP contribution is -2.15. The number of rotatable bonds is 49. The van der Waals surface area contributed by atoms with Crippen molar-refractivity contribution in [3.8, 4) is 0 Å².